The Morgan fingerprint density at radius 3 is 2.31 bits per heavy atom. The molecular formula is C34H33N3O5S3. The van der Waals surface area contributed by atoms with Gasteiger partial charge in [0.15, 0.2) is 10.6 Å². The molecule has 0 spiro atoms. The molecule has 2 heterocycles. The highest BCUT2D eigenvalue weighted by molar-refractivity contribution is 8.01. The second-order valence-electron chi connectivity index (χ2n) is 10.7. The van der Waals surface area contributed by atoms with Crippen molar-refractivity contribution >= 4 is 33.1 Å². The van der Waals surface area contributed by atoms with Gasteiger partial charge in [-0.15, -0.1) is 10.2 Å². The lowest BCUT2D eigenvalue weighted by Crippen LogP contribution is -2.31. The summed E-state index contributed by atoms with van der Waals surface area (Å²) in [5, 5.41) is 18.8. The summed E-state index contributed by atoms with van der Waals surface area (Å²) in [6, 6.07) is 32.0. The van der Waals surface area contributed by atoms with Crippen LogP contribution in [0, 0.1) is 6.92 Å². The minimum atomic E-state index is -3.64. The number of rotatable bonds is 11. The van der Waals surface area contributed by atoms with Crippen LogP contribution in [0.4, 0.5) is 0 Å². The van der Waals surface area contributed by atoms with E-state index in [0.29, 0.717) is 12.2 Å². The zero-order valence-electron chi connectivity index (χ0n) is 24.6. The second-order valence-corrected chi connectivity index (χ2v) is 14.9. The molecule has 2 N–H and O–H groups in total. The Balaban J connectivity index is 1.20. The SMILES string of the molecule is Cc1nnc(SC[C@H]2C[C@@H](c3ccc(CO)cc3)O[C@@H](c3ccc(-c4ccccc4CNS(=O)(=O)c4ccccc4)cc3)O2)s1. The standard InChI is InChI=1S/C34H33N3O5S3/c1-23-36-37-34(44-23)43-22-29-19-32(26-13-11-24(21-38)12-14-26)42-33(41-29)27-17-15-25(16-18-27)31-10-6-5-7-28(31)20-35-45(39,40)30-8-3-2-4-9-30/h2-18,29,32-33,35,38H,19-22H2,1H3/t29-,32+,33+/m1/s1. The van der Waals surface area contributed by atoms with Gasteiger partial charge >= 0.3 is 0 Å². The van der Waals surface area contributed by atoms with Crippen molar-refractivity contribution in [3.63, 3.8) is 0 Å². The quantitative estimate of drug-likeness (QED) is 0.149. The van der Waals surface area contributed by atoms with E-state index in [1.807, 2.05) is 79.7 Å². The Morgan fingerprint density at radius 2 is 1.60 bits per heavy atom. The summed E-state index contributed by atoms with van der Waals surface area (Å²) < 4.78 is 42.3. The number of hydrogen-bond donors (Lipinski definition) is 2. The zero-order valence-corrected chi connectivity index (χ0v) is 27.0. The Labute approximate surface area is 271 Å². The minimum absolute atomic E-state index is 0.00749. The van der Waals surface area contributed by atoms with Crippen LogP contribution in [-0.4, -0.2) is 35.6 Å². The van der Waals surface area contributed by atoms with Crippen molar-refractivity contribution < 1.29 is 23.0 Å². The maximum Gasteiger partial charge on any atom is 0.240 e. The van der Waals surface area contributed by atoms with E-state index in [9.17, 15) is 13.5 Å². The molecule has 1 aromatic heterocycles. The number of ether oxygens (including phenoxy) is 2. The highest BCUT2D eigenvalue weighted by Crippen LogP contribution is 2.40. The molecule has 1 saturated heterocycles. The fraction of sp³-hybridized carbons (Fsp3) is 0.235. The molecule has 8 nitrogen and oxygen atoms in total. The average Bonchev–Trinajstić information content (AvgIpc) is 3.51. The third-order valence-corrected chi connectivity index (χ3v) is 11.1. The molecule has 0 unspecified atom stereocenters. The number of benzene rings is 4. The second kappa shape index (κ2) is 14.3. The van der Waals surface area contributed by atoms with Crippen LogP contribution < -0.4 is 4.72 Å². The molecule has 6 rings (SSSR count). The van der Waals surface area contributed by atoms with Crippen molar-refractivity contribution in [1.29, 1.82) is 0 Å². The number of aromatic nitrogens is 2. The van der Waals surface area contributed by atoms with Crippen LogP contribution >= 0.6 is 23.1 Å². The van der Waals surface area contributed by atoms with Crippen LogP contribution in [-0.2, 0) is 32.6 Å². The van der Waals surface area contributed by atoms with Crippen molar-refractivity contribution in [2.45, 2.75) is 54.2 Å². The number of thioether (sulfide) groups is 1. The topological polar surface area (TPSA) is 111 Å². The van der Waals surface area contributed by atoms with Gasteiger partial charge in [-0.25, -0.2) is 13.1 Å². The van der Waals surface area contributed by atoms with Gasteiger partial charge in [0.2, 0.25) is 10.0 Å². The van der Waals surface area contributed by atoms with Crippen LogP contribution in [0.2, 0.25) is 0 Å². The van der Waals surface area contributed by atoms with Gasteiger partial charge in [0, 0.05) is 24.3 Å². The third kappa shape index (κ3) is 7.87. The van der Waals surface area contributed by atoms with E-state index in [2.05, 4.69) is 14.9 Å². The summed E-state index contributed by atoms with van der Waals surface area (Å²) in [7, 11) is -3.64. The van der Waals surface area contributed by atoms with Crippen LogP contribution in [0.1, 0.15) is 46.1 Å². The molecule has 5 aromatic rings. The molecule has 1 fully saturated rings. The highest BCUT2D eigenvalue weighted by Gasteiger charge is 2.32. The summed E-state index contributed by atoms with van der Waals surface area (Å²) in [5.41, 5.74) is 5.54. The maximum atomic E-state index is 12.8. The predicted molar refractivity (Wildman–Crippen MR) is 176 cm³/mol. The predicted octanol–water partition coefficient (Wildman–Crippen LogP) is 6.82. The monoisotopic (exact) mass is 659 g/mol. The van der Waals surface area contributed by atoms with E-state index in [4.69, 9.17) is 9.47 Å². The van der Waals surface area contributed by atoms with E-state index >= 15 is 0 Å². The lowest BCUT2D eigenvalue weighted by Gasteiger charge is -2.36. The lowest BCUT2D eigenvalue weighted by atomic mass is 9.98. The largest absolute Gasteiger partial charge is 0.392 e. The molecule has 1 aliphatic heterocycles. The van der Waals surface area contributed by atoms with Gasteiger partial charge in [-0.1, -0.05) is 114 Å². The van der Waals surface area contributed by atoms with Gasteiger partial charge in [0.25, 0.3) is 0 Å². The molecule has 1 aliphatic rings. The molecule has 3 atom stereocenters. The van der Waals surface area contributed by atoms with Crippen molar-refractivity contribution in [3.8, 4) is 11.1 Å². The number of sulfonamides is 1. The first-order chi connectivity index (χ1) is 21.9. The summed E-state index contributed by atoms with van der Waals surface area (Å²) in [6.07, 6.45) is -0.163. The molecular weight excluding hydrogens is 627 g/mol. The smallest absolute Gasteiger partial charge is 0.240 e. The highest BCUT2D eigenvalue weighted by atomic mass is 32.2. The number of aliphatic hydroxyl groups is 1. The molecule has 0 saturated carbocycles. The molecule has 232 valence electrons. The molecule has 11 heteroatoms. The van der Waals surface area contributed by atoms with Gasteiger partial charge in [0.05, 0.1) is 23.7 Å². The zero-order chi connectivity index (χ0) is 31.2. The Kier molecular flexibility index (Phi) is 10.1. The first kappa shape index (κ1) is 31.6. The normalized spacial score (nSPS) is 18.6. The number of aliphatic hydroxyl groups excluding tert-OH is 1. The fourth-order valence-electron chi connectivity index (χ4n) is 5.16. The minimum Gasteiger partial charge on any atom is -0.392 e. The number of nitrogens with one attached hydrogen (secondary N) is 1. The van der Waals surface area contributed by atoms with E-state index in [1.165, 1.54) is 0 Å². The van der Waals surface area contributed by atoms with Crippen LogP contribution in [0.25, 0.3) is 11.1 Å². The van der Waals surface area contributed by atoms with Crippen molar-refractivity contribution in [2.24, 2.45) is 0 Å². The van der Waals surface area contributed by atoms with E-state index in [0.717, 1.165) is 42.7 Å². The van der Waals surface area contributed by atoms with Gasteiger partial charge in [-0.05, 0) is 46.9 Å². The maximum absolute atomic E-state index is 12.8. The van der Waals surface area contributed by atoms with Crippen molar-refractivity contribution in [2.75, 3.05) is 5.75 Å². The Hall–Kier alpha value is -3.42. The van der Waals surface area contributed by atoms with Crippen LogP contribution in [0.15, 0.2) is 112 Å². The summed E-state index contributed by atoms with van der Waals surface area (Å²) in [6.45, 7) is 2.10. The van der Waals surface area contributed by atoms with E-state index in [1.54, 1.807) is 53.4 Å². The van der Waals surface area contributed by atoms with Crippen LogP contribution in [0.5, 0.6) is 0 Å². The third-order valence-electron chi connectivity index (χ3n) is 7.53. The van der Waals surface area contributed by atoms with Crippen molar-refractivity contribution in [3.05, 3.63) is 130 Å². The van der Waals surface area contributed by atoms with Gasteiger partial charge < -0.3 is 14.6 Å². The molecule has 0 amide bonds. The fourth-order valence-corrected chi connectivity index (χ4v) is 8.04. The Morgan fingerprint density at radius 1 is 0.889 bits per heavy atom. The molecule has 0 radical (unpaired) electrons. The molecule has 0 bridgehead atoms. The van der Waals surface area contributed by atoms with Crippen molar-refractivity contribution in [1.82, 2.24) is 14.9 Å². The van der Waals surface area contributed by atoms with E-state index in [-0.39, 0.29) is 30.3 Å². The molecule has 45 heavy (non-hydrogen) atoms. The van der Waals surface area contributed by atoms with E-state index < -0.39 is 16.3 Å². The lowest BCUT2D eigenvalue weighted by molar-refractivity contribution is -0.245. The first-order valence-corrected chi connectivity index (χ1v) is 17.8. The van der Waals surface area contributed by atoms with Gasteiger partial charge in [0.1, 0.15) is 5.01 Å². The van der Waals surface area contributed by atoms with Gasteiger partial charge in [-0.3, -0.25) is 0 Å². The average molecular weight is 660 g/mol. The first-order valence-electron chi connectivity index (χ1n) is 14.5. The number of aryl methyl sites for hydroxylation is 1. The number of hydrogen-bond acceptors (Lipinski definition) is 9. The van der Waals surface area contributed by atoms with Gasteiger partial charge in [-0.2, -0.15) is 0 Å². The summed E-state index contributed by atoms with van der Waals surface area (Å²) >= 11 is 3.21. The summed E-state index contributed by atoms with van der Waals surface area (Å²) in [4.78, 5) is 0.233. The Bertz CT molecular complexity index is 1810. The number of nitrogens with zero attached hydrogens (tertiary/aromatic N) is 2. The van der Waals surface area contributed by atoms with Crippen LogP contribution in [0.3, 0.4) is 0 Å². The molecule has 0 aliphatic carbocycles. The summed E-state index contributed by atoms with van der Waals surface area (Å²) in [5.74, 6) is 0.712. The molecule has 4 aromatic carbocycles.